The number of benzene rings is 1. The third-order valence-corrected chi connectivity index (χ3v) is 7.57. The van der Waals surface area contributed by atoms with E-state index in [0.29, 0.717) is 19.1 Å². The monoisotopic (exact) mass is 468 g/mol. The molecule has 2 atom stereocenters. The molecule has 2 aromatic rings. The Bertz CT molecular complexity index is 1090. The zero-order valence-corrected chi connectivity index (χ0v) is 19.6. The van der Waals surface area contributed by atoms with Crippen LogP contribution in [0.5, 0.6) is 0 Å². The maximum absolute atomic E-state index is 12.2. The second-order valence-corrected chi connectivity index (χ2v) is 10.2. The first-order valence-electron chi connectivity index (χ1n) is 11.6. The summed E-state index contributed by atoms with van der Waals surface area (Å²) in [5.74, 6) is -0.145. The molecule has 8 nitrogen and oxygen atoms in total. The van der Waals surface area contributed by atoms with Gasteiger partial charge in [-0.25, -0.2) is 4.68 Å². The summed E-state index contributed by atoms with van der Waals surface area (Å²) in [6.45, 7) is 5.05. The lowest BCUT2D eigenvalue weighted by atomic mass is 9.77. The molecule has 174 valence electrons. The van der Waals surface area contributed by atoms with Crippen molar-refractivity contribution in [3.8, 4) is 6.07 Å². The van der Waals surface area contributed by atoms with Crippen LogP contribution < -0.4 is 5.32 Å². The van der Waals surface area contributed by atoms with E-state index in [9.17, 15) is 4.79 Å². The number of aromatic nitrogens is 3. The summed E-state index contributed by atoms with van der Waals surface area (Å²) in [5, 5.41) is 21.1. The fraction of sp³-hybridized carbons (Fsp3) is 0.583. The minimum atomic E-state index is -0.348. The Balaban J connectivity index is 1.18. The van der Waals surface area contributed by atoms with Gasteiger partial charge in [-0.15, -0.1) is 5.10 Å². The fourth-order valence-electron chi connectivity index (χ4n) is 5.13. The minimum absolute atomic E-state index is 0.110. The summed E-state index contributed by atoms with van der Waals surface area (Å²) in [6, 6.07) is 8.77. The van der Waals surface area contributed by atoms with Crippen molar-refractivity contribution in [2.24, 2.45) is 5.41 Å². The largest absolute Gasteiger partial charge is 0.370 e. The number of fused-ring (bicyclic) bond motifs is 2. The van der Waals surface area contributed by atoms with Crippen LogP contribution in [0.4, 0.5) is 0 Å². The molecule has 9 heteroatoms. The summed E-state index contributed by atoms with van der Waals surface area (Å²) in [4.78, 5) is 14.6. The van der Waals surface area contributed by atoms with Crippen LogP contribution in [0.2, 0.25) is 5.02 Å². The molecule has 3 heterocycles. The molecule has 1 saturated heterocycles. The summed E-state index contributed by atoms with van der Waals surface area (Å²) in [5.41, 5.74) is 2.81. The molecule has 0 unspecified atom stereocenters. The standard InChI is InChI=1S/C24H29ClN6O2/c1-17-11-24(21-10-19(25)3-2-18(21)4-9-33-24)7-8-30(17)12-20-13-31(29-28-20)14-22(32)27-16-23(15-26)5-6-23/h2-3,10,13,17H,4-9,11-12,14,16H2,1H3,(H,27,32)/t17-,24+/m0/s1. The molecule has 33 heavy (non-hydrogen) atoms. The summed E-state index contributed by atoms with van der Waals surface area (Å²) in [7, 11) is 0. The number of amides is 1. The van der Waals surface area contributed by atoms with E-state index < -0.39 is 0 Å². The number of hydrogen-bond donors (Lipinski definition) is 1. The summed E-state index contributed by atoms with van der Waals surface area (Å²) < 4.78 is 7.95. The number of likely N-dealkylation sites (tertiary alicyclic amines) is 1. The smallest absolute Gasteiger partial charge is 0.241 e. The molecule has 0 radical (unpaired) electrons. The van der Waals surface area contributed by atoms with Crippen molar-refractivity contribution < 1.29 is 9.53 Å². The van der Waals surface area contributed by atoms with Crippen LogP contribution in [0.15, 0.2) is 24.4 Å². The van der Waals surface area contributed by atoms with Gasteiger partial charge in [0, 0.05) is 30.7 Å². The van der Waals surface area contributed by atoms with E-state index in [0.717, 1.165) is 56.0 Å². The Morgan fingerprint density at radius 1 is 1.39 bits per heavy atom. The van der Waals surface area contributed by atoms with Gasteiger partial charge < -0.3 is 10.1 Å². The number of ether oxygens (including phenoxy) is 1. The second-order valence-electron chi connectivity index (χ2n) is 9.74. The van der Waals surface area contributed by atoms with Gasteiger partial charge in [-0.2, -0.15) is 5.26 Å². The lowest BCUT2D eigenvalue weighted by molar-refractivity contribution is -0.122. The topological polar surface area (TPSA) is 96.1 Å². The van der Waals surface area contributed by atoms with Gasteiger partial charge in [-0.3, -0.25) is 9.69 Å². The highest BCUT2D eigenvalue weighted by Crippen LogP contribution is 2.45. The van der Waals surface area contributed by atoms with Crippen molar-refractivity contribution >= 4 is 17.5 Å². The Morgan fingerprint density at radius 3 is 3.00 bits per heavy atom. The number of carbonyl (C=O) groups excluding carboxylic acids is 1. The number of rotatable bonds is 6. The molecule has 0 bridgehead atoms. The average molecular weight is 469 g/mol. The first-order valence-corrected chi connectivity index (χ1v) is 12.0. The molecule has 1 spiro atoms. The molecule has 1 saturated carbocycles. The highest BCUT2D eigenvalue weighted by atomic mass is 35.5. The van der Waals surface area contributed by atoms with Crippen LogP contribution in [-0.4, -0.2) is 51.5 Å². The zero-order valence-electron chi connectivity index (χ0n) is 18.9. The number of nitriles is 1. The van der Waals surface area contributed by atoms with Crippen molar-refractivity contribution in [3.63, 3.8) is 0 Å². The molecule has 1 N–H and O–H groups in total. The number of carbonyl (C=O) groups is 1. The van der Waals surface area contributed by atoms with E-state index in [2.05, 4.69) is 45.7 Å². The maximum Gasteiger partial charge on any atom is 0.241 e. The van der Waals surface area contributed by atoms with E-state index in [1.807, 2.05) is 12.3 Å². The lowest BCUT2D eigenvalue weighted by Crippen LogP contribution is -2.50. The first-order chi connectivity index (χ1) is 15.9. The molecule has 1 amide bonds. The summed E-state index contributed by atoms with van der Waals surface area (Å²) in [6.07, 6.45) is 6.28. The summed E-state index contributed by atoms with van der Waals surface area (Å²) >= 11 is 6.32. The van der Waals surface area contributed by atoms with Gasteiger partial charge in [-0.1, -0.05) is 22.9 Å². The molecule has 2 fully saturated rings. The number of hydrogen-bond acceptors (Lipinski definition) is 6. The fourth-order valence-corrected chi connectivity index (χ4v) is 5.31. The SMILES string of the molecule is C[C@H]1C[C@@]2(CCN1Cc1cn(CC(=O)NCC3(C#N)CC3)nn1)OCCc1ccc(Cl)cc12. The van der Waals surface area contributed by atoms with Crippen molar-refractivity contribution in [3.05, 3.63) is 46.2 Å². The van der Waals surface area contributed by atoms with Crippen molar-refractivity contribution in [2.75, 3.05) is 19.7 Å². The van der Waals surface area contributed by atoms with E-state index in [4.69, 9.17) is 21.6 Å². The molecule has 5 rings (SSSR count). The van der Waals surface area contributed by atoms with Crippen molar-refractivity contribution in [1.82, 2.24) is 25.2 Å². The third kappa shape index (κ3) is 4.63. The predicted molar refractivity (Wildman–Crippen MR) is 122 cm³/mol. The molecular weight excluding hydrogens is 440 g/mol. The van der Waals surface area contributed by atoms with E-state index in [1.54, 1.807) is 4.68 Å². The van der Waals surface area contributed by atoms with Gasteiger partial charge in [0.05, 0.1) is 35.6 Å². The third-order valence-electron chi connectivity index (χ3n) is 7.34. The number of piperidine rings is 1. The number of halogens is 1. The quantitative estimate of drug-likeness (QED) is 0.700. The highest BCUT2D eigenvalue weighted by Gasteiger charge is 2.44. The minimum Gasteiger partial charge on any atom is -0.370 e. The van der Waals surface area contributed by atoms with Gasteiger partial charge in [0.1, 0.15) is 6.54 Å². The molecule has 1 aromatic heterocycles. The molecular formula is C24H29ClN6O2. The Labute approximate surface area is 198 Å². The van der Waals surface area contributed by atoms with Gasteiger partial charge in [0.2, 0.25) is 5.91 Å². The Hall–Kier alpha value is -2.47. The predicted octanol–water partition coefficient (Wildman–Crippen LogP) is 2.80. The second kappa shape index (κ2) is 8.71. The van der Waals surface area contributed by atoms with Gasteiger partial charge in [0.15, 0.2) is 0 Å². The Morgan fingerprint density at radius 2 is 2.24 bits per heavy atom. The molecule has 1 aliphatic carbocycles. The maximum atomic E-state index is 12.2. The first kappa shape index (κ1) is 22.3. The van der Waals surface area contributed by atoms with Crippen LogP contribution in [0.1, 0.15) is 49.4 Å². The van der Waals surface area contributed by atoms with Crippen molar-refractivity contribution in [2.45, 2.75) is 63.8 Å². The Kier molecular flexibility index (Phi) is 5.89. The lowest BCUT2D eigenvalue weighted by Gasteiger charge is -2.48. The van der Waals surface area contributed by atoms with Gasteiger partial charge >= 0.3 is 0 Å². The molecule has 1 aromatic carbocycles. The highest BCUT2D eigenvalue weighted by molar-refractivity contribution is 6.30. The van der Waals surface area contributed by atoms with Gasteiger partial charge in [0.25, 0.3) is 0 Å². The number of nitrogens with zero attached hydrogens (tertiary/aromatic N) is 5. The van der Waals surface area contributed by atoms with Crippen LogP contribution in [0.3, 0.4) is 0 Å². The number of nitrogens with one attached hydrogen (secondary N) is 1. The normalized spacial score (nSPS) is 25.9. The van der Waals surface area contributed by atoms with Gasteiger partial charge in [-0.05, 0) is 62.3 Å². The van der Waals surface area contributed by atoms with Crippen LogP contribution in [0, 0.1) is 16.7 Å². The zero-order chi connectivity index (χ0) is 23.1. The average Bonchev–Trinajstić information content (AvgIpc) is 3.47. The van der Waals surface area contributed by atoms with Crippen molar-refractivity contribution in [1.29, 1.82) is 5.26 Å². The van der Waals surface area contributed by atoms with E-state index in [-0.39, 0.29) is 23.5 Å². The van der Waals surface area contributed by atoms with Crippen LogP contribution >= 0.6 is 11.6 Å². The van der Waals surface area contributed by atoms with Crippen LogP contribution in [-0.2, 0) is 34.6 Å². The van der Waals surface area contributed by atoms with Crippen LogP contribution in [0.25, 0.3) is 0 Å². The molecule has 2 aliphatic heterocycles. The van der Waals surface area contributed by atoms with E-state index in [1.165, 1.54) is 11.1 Å². The molecule has 3 aliphatic rings. The van der Waals surface area contributed by atoms with E-state index >= 15 is 0 Å².